The van der Waals surface area contributed by atoms with Crippen LogP contribution in [-0.4, -0.2) is 48.9 Å². The molecule has 0 aliphatic rings. The van der Waals surface area contributed by atoms with Crippen molar-refractivity contribution in [1.82, 2.24) is 4.31 Å². The molecule has 1 unspecified atom stereocenters. The smallest absolute Gasteiger partial charge is 0.335 e. The van der Waals surface area contributed by atoms with Gasteiger partial charge in [0, 0.05) is 18.8 Å². The second kappa shape index (κ2) is 7.29. The number of sulfonamides is 1. The molecule has 1 atom stereocenters. The number of nitrogens with zero attached hydrogens (tertiary/aromatic N) is 1. The zero-order chi connectivity index (χ0) is 16.2. The van der Waals surface area contributed by atoms with Crippen LogP contribution < -0.4 is 0 Å². The molecule has 1 aromatic carbocycles. The molecule has 0 saturated carbocycles. The van der Waals surface area contributed by atoms with Gasteiger partial charge >= 0.3 is 5.97 Å². The molecule has 0 saturated heterocycles. The molecule has 0 spiro atoms. The molecule has 1 aromatic rings. The Hall–Kier alpha value is -1.05. The highest BCUT2D eigenvalue weighted by atomic mass is 32.2. The van der Waals surface area contributed by atoms with Gasteiger partial charge in [0.1, 0.15) is 0 Å². The third-order valence-electron chi connectivity index (χ3n) is 3.38. The van der Waals surface area contributed by atoms with Gasteiger partial charge in [0.15, 0.2) is 0 Å². The van der Waals surface area contributed by atoms with Crippen LogP contribution >= 0.6 is 11.8 Å². The Balaban J connectivity index is 3.35. The Morgan fingerprint density at radius 1 is 1.43 bits per heavy atom. The van der Waals surface area contributed by atoms with Gasteiger partial charge in [0.2, 0.25) is 10.0 Å². The molecule has 7 heteroatoms. The SMILES string of the molecule is CCc1ccc(C(=O)O)cc1S(=O)(=O)N(C)C(C)CSC. The average molecular weight is 331 g/mol. The maximum absolute atomic E-state index is 12.7. The topological polar surface area (TPSA) is 74.7 Å². The number of aromatic carboxylic acids is 1. The van der Waals surface area contributed by atoms with Crippen LogP contribution in [0.5, 0.6) is 0 Å². The van der Waals surface area contributed by atoms with Crippen LogP contribution in [0.25, 0.3) is 0 Å². The van der Waals surface area contributed by atoms with Crippen molar-refractivity contribution in [2.24, 2.45) is 0 Å². The van der Waals surface area contributed by atoms with Crippen LogP contribution in [0.4, 0.5) is 0 Å². The number of aryl methyl sites for hydroxylation is 1. The van der Waals surface area contributed by atoms with E-state index in [-0.39, 0.29) is 16.5 Å². The second-order valence-corrected chi connectivity index (χ2v) is 7.68. The van der Waals surface area contributed by atoms with Gasteiger partial charge in [-0.25, -0.2) is 13.2 Å². The first-order chi connectivity index (χ1) is 9.75. The fourth-order valence-electron chi connectivity index (χ4n) is 1.96. The highest BCUT2D eigenvalue weighted by molar-refractivity contribution is 7.98. The van der Waals surface area contributed by atoms with Crippen LogP contribution in [0.3, 0.4) is 0 Å². The molecule has 1 rings (SSSR count). The number of carbonyl (C=O) groups is 1. The standard InChI is InChI=1S/C14H21NO4S2/c1-5-11-6-7-12(14(16)17)8-13(11)21(18,19)15(3)10(2)9-20-4/h6-8,10H,5,9H2,1-4H3,(H,16,17). The van der Waals surface area contributed by atoms with E-state index in [9.17, 15) is 13.2 Å². The summed E-state index contributed by atoms with van der Waals surface area (Å²) in [4.78, 5) is 11.2. The summed E-state index contributed by atoms with van der Waals surface area (Å²) >= 11 is 1.57. The van der Waals surface area contributed by atoms with E-state index in [0.717, 1.165) is 0 Å². The fourth-order valence-corrected chi connectivity index (χ4v) is 4.44. The molecule has 0 fully saturated rings. The van der Waals surface area contributed by atoms with Crippen molar-refractivity contribution < 1.29 is 18.3 Å². The van der Waals surface area contributed by atoms with Crippen LogP contribution in [0.15, 0.2) is 23.1 Å². The molecule has 0 aliphatic heterocycles. The normalized spacial score (nSPS) is 13.4. The molecular weight excluding hydrogens is 310 g/mol. The minimum Gasteiger partial charge on any atom is -0.478 e. The molecule has 0 bridgehead atoms. The highest BCUT2D eigenvalue weighted by Gasteiger charge is 2.28. The minimum absolute atomic E-state index is 0.0169. The van der Waals surface area contributed by atoms with Crippen molar-refractivity contribution in [2.75, 3.05) is 19.1 Å². The Kier molecular flexibility index (Phi) is 6.24. The van der Waals surface area contributed by atoms with Crippen molar-refractivity contribution in [1.29, 1.82) is 0 Å². The zero-order valence-electron chi connectivity index (χ0n) is 12.7. The molecule has 0 radical (unpaired) electrons. The third kappa shape index (κ3) is 3.99. The monoisotopic (exact) mass is 331 g/mol. The zero-order valence-corrected chi connectivity index (χ0v) is 14.3. The van der Waals surface area contributed by atoms with E-state index in [1.807, 2.05) is 20.1 Å². The number of carboxylic acid groups (broad SMARTS) is 1. The highest BCUT2D eigenvalue weighted by Crippen LogP contribution is 2.24. The fraction of sp³-hybridized carbons (Fsp3) is 0.500. The first kappa shape index (κ1) is 18.0. The molecule has 1 N–H and O–H groups in total. The number of hydrogen-bond acceptors (Lipinski definition) is 4. The van der Waals surface area contributed by atoms with E-state index in [4.69, 9.17) is 5.11 Å². The largest absolute Gasteiger partial charge is 0.478 e. The molecule has 118 valence electrons. The first-order valence-corrected chi connectivity index (χ1v) is 9.42. The molecule has 21 heavy (non-hydrogen) atoms. The van der Waals surface area contributed by atoms with E-state index in [1.54, 1.807) is 17.8 Å². The Labute approximate surface area is 130 Å². The summed E-state index contributed by atoms with van der Waals surface area (Å²) in [7, 11) is -2.17. The van der Waals surface area contributed by atoms with Gasteiger partial charge < -0.3 is 5.11 Å². The van der Waals surface area contributed by atoms with Crippen LogP contribution in [0.1, 0.15) is 29.8 Å². The summed E-state index contributed by atoms with van der Waals surface area (Å²) in [6, 6.07) is 4.09. The quantitative estimate of drug-likeness (QED) is 0.830. The van der Waals surface area contributed by atoms with Crippen LogP contribution in [-0.2, 0) is 16.4 Å². The summed E-state index contributed by atoms with van der Waals surface area (Å²) in [5.41, 5.74) is 0.611. The molecular formula is C14H21NO4S2. The number of hydrogen-bond donors (Lipinski definition) is 1. The Morgan fingerprint density at radius 3 is 2.52 bits per heavy atom. The number of carboxylic acids is 1. The van der Waals surface area contributed by atoms with E-state index >= 15 is 0 Å². The molecule has 0 heterocycles. The first-order valence-electron chi connectivity index (χ1n) is 6.58. The van der Waals surface area contributed by atoms with Gasteiger partial charge in [-0.3, -0.25) is 0 Å². The van der Waals surface area contributed by atoms with E-state index in [1.165, 1.54) is 23.5 Å². The van der Waals surface area contributed by atoms with Gasteiger partial charge in [-0.05, 0) is 37.3 Å². The summed E-state index contributed by atoms with van der Waals surface area (Å²) < 4.78 is 26.8. The predicted molar refractivity (Wildman–Crippen MR) is 85.6 cm³/mol. The maximum Gasteiger partial charge on any atom is 0.335 e. The number of thioether (sulfide) groups is 1. The van der Waals surface area contributed by atoms with Crippen molar-refractivity contribution >= 4 is 27.8 Å². The van der Waals surface area contributed by atoms with Crippen molar-refractivity contribution in [2.45, 2.75) is 31.2 Å². The number of benzene rings is 1. The van der Waals surface area contributed by atoms with E-state index < -0.39 is 16.0 Å². The van der Waals surface area contributed by atoms with Gasteiger partial charge in [-0.2, -0.15) is 16.1 Å². The summed E-state index contributed by atoms with van der Waals surface area (Å²) in [5.74, 6) is -0.454. The summed E-state index contributed by atoms with van der Waals surface area (Å²) in [5, 5.41) is 9.06. The van der Waals surface area contributed by atoms with E-state index in [2.05, 4.69) is 0 Å². The molecule has 0 aliphatic carbocycles. The second-order valence-electron chi connectivity index (χ2n) is 4.81. The lowest BCUT2D eigenvalue weighted by Gasteiger charge is -2.25. The van der Waals surface area contributed by atoms with Gasteiger partial charge in [0.05, 0.1) is 10.5 Å². The molecule has 5 nitrogen and oxygen atoms in total. The lowest BCUT2D eigenvalue weighted by molar-refractivity contribution is 0.0696. The summed E-state index contributed by atoms with van der Waals surface area (Å²) in [6.45, 7) is 3.68. The third-order valence-corrected chi connectivity index (χ3v) is 6.25. The van der Waals surface area contributed by atoms with Crippen molar-refractivity contribution in [3.05, 3.63) is 29.3 Å². The van der Waals surface area contributed by atoms with Crippen molar-refractivity contribution in [3.63, 3.8) is 0 Å². The Bertz CT molecular complexity index is 613. The maximum atomic E-state index is 12.7. The lowest BCUT2D eigenvalue weighted by atomic mass is 10.1. The van der Waals surface area contributed by atoms with Gasteiger partial charge in [-0.1, -0.05) is 13.0 Å². The molecule has 0 amide bonds. The van der Waals surface area contributed by atoms with Crippen molar-refractivity contribution in [3.8, 4) is 0 Å². The minimum atomic E-state index is -3.70. The lowest BCUT2D eigenvalue weighted by Crippen LogP contribution is -2.37. The average Bonchev–Trinajstić information content (AvgIpc) is 2.45. The molecule has 0 aromatic heterocycles. The van der Waals surface area contributed by atoms with Gasteiger partial charge in [0.25, 0.3) is 0 Å². The Morgan fingerprint density at radius 2 is 2.05 bits per heavy atom. The van der Waals surface area contributed by atoms with Crippen LogP contribution in [0, 0.1) is 0 Å². The van der Waals surface area contributed by atoms with Gasteiger partial charge in [-0.15, -0.1) is 0 Å². The predicted octanol–water partition coefficient (Wildman–Crippen LogP) is 2.32. The van der Waals surface area contributed by atoms with Crippen LogP contribution in [0.2, 0.25) is 0 Å². The summed E-state index contributed by atoms with van der Waals surface area (Å²) in [6.07, 6.45) is 2.44. The number of rotatable bonds is 7. The van der Waals surface area contributed by atoms with E-state index in [0.29, 0.717) is 17.7 Å².